The SMILES string of the molecule is CCCCCCC/C=C\C/C=C\CCCCCCCCCCCC(=O)NC(COP(=O)([O-])OCC[N+](C)(C)C)C(O)CCCCCCCC. The summed E-state index contributed by atoms with van der Waals surface area (Å²) in [6.45, 7) is 4.62. The van der Waals surface area contributed by atoms with Gasteiger partial charge >= 0.3 is 0 Å². The van der Waals surface area contributed by atoms with Crippen molar-refractivity contribution < 1.29 is 32.9 Å². The number of unbranched alkanes of at least 4 members (excludes halogenated alkanes) is 19. The Morgan fingerprint density at radius 3 is 1.69 bits per heavy atom. The van der Waals surface area contributed by atoms with E-state index in [1.54, 1.807) is 0 Å². The number of nitrogens with one attached hydrogen (secondary N) is 1. The first-order valence-corrected chi connectivity index (χ1v) is 21.6. The second-order valence-corrected chi connectivity index (χ2v) is 16.4. The molecule has 0 bridgehead atoms. The molecule has 0 aromatic rings. The third-order valence-corrected chi connectivity index (χ3v) is 9.91. The largest absolute Gasteiger partial charge is 0.756 e. The highest BCUT2D eigenvalue weighted by Gasteiger charge is 2.24. The van der Waals surface area contributed by atoms with Crippen molar-refractivity contribution in [1.82, 2.24) is 5.32 Å². The van der Waals surface area contributed by atoms with Crippen LogP contribution in [-0.2, 0) is 18.4 Å². The molecule has 0 fully saturated rings. The number of quaternary nitrogens is 1. The van der Waals surface area contributed by atoms with E-state index < -0.39 is 20.0 Å². The van der Waals surface area contributed by atoms with Crippen LogP contribution < -0.4 is 10.2 Å². The van der Waals surface area contributed by atoms with Gasteiger partial charge in [-0.2, -0.15) is 0 Å². The lowest BCUT2D eigenvalue weighted by molar-refractivity contribution is -0.870. The molecule has 0 aliphatic rings. The average molecular weight is 715 g/mol. The first kappa shape index (κ1) is 48.0. The van der Waals surface area contributed by atoms with Crippen LogP contribution in [0.4, 0.5) is 0 Å². The minimum absolute atomic E-state index is 0.0108. The monoisotopic (exact) mass is 715 g/mol. The van der Waals surface area contributed by atoms with E-state index in [0.717, 1.165) is 44.9 Å². The third kappa shape index (κ3) is 35.2. The van der Waals surface area contributed by atoms with Crippen molar-refractivity contribution in [3.05, 3.63) is 24.3 Å². The molecule has 0 aliphatic heterocycles. The number of phosphoric ester groups is 1. The van der Waals surface area contributed by atoms with Gasteiger partial charge in [0.2, 0.25) is 5.91 Å². The molecule has 0 aromatic heterocycles. The lowest BCUT2D eigenvalue weighted by Gasteiger charge is -2.30. The molecular weight excluding hydrogens is 635 g/mol. The fraction of sp³-hybridized carbons (Fsp3) is 0.875. The quantitative estimate of drug-likeness (QED) is 0.0290. The second kappa shape index (κ2) is 32.9. The van der Waals surface area contributed by atoms with E-state index in [4.69, 9.17) is 9.05 Å². The molecule has 1 amide bonds. The highest BCUT2D eigenvalue weighted by Crippen LogP contribution is 2.38. The van der Waals surface area contributed by atoms with Crippen LogP contribution in [-0.4, -0.2) is 68.5 Å². The highest BCUT2D eigenvalue weighted by molar-refractivity contribution is 7.45. The van der Waals surface area contributed by atoms with Gasteiger partial charge in [0.15, 0.2) is 0 Å². The van der Waals surface area contributed by atoms with E-state index in [-0.39, 0.29) is 19.1 Å². The summed E-state index contributed by atoms with van der Waals surface area (Å²) in [5.41, 5.74) is 0. The zero-order valence-corrected chi connectivity index (χ0v) is 33.5. The molecule has 8 nitrogen and oxygen atoms in total. The second-order valence-electron chi connectivity index (χ2n) is 15.0. The summed E-state index contributed by atoms with van der Waals surface area (Å²) in [4.78, 5) is 25.1. The van der Waals surface area contributed by atoms with Crippen molar-refractivity contribution >= 4 is 13.7 Å². The van der Waals surface area contributed by atoms with E-state index in [2.05, 4.69) is 43.5 Å². The maximum Gasteiger partial charge on any atom is 0.268 e. The van der Waals surface area contributed by atoms with E-state index >= 15 is 0 Å². The Balaban J connectivity index is 4.17. The number of aliphatic hydroxyl groups excluding tert-OH is 1. The molecule has 2 N–H and O–H groups in total. The molecule has 3 atom stereocenters. The zero-order valence-electron chi connectivity index (χ0n) is 32.6. The number of carbonyl (C=O) groups excluding carboxylic acids is 1. The molecule has 49 heavy (non-hydrogen) atoms. The number of allylic oxidation sites excluding steroid dienone is 4. The predicted molar refractivity (Wildman–Crippen MR) is 205 cm³/mol. The van der Waals surface area contributed by atoms with Gasteiger partial charge in [0.1, 0.15) is 13.2 Å². The molecule has 0 rings (SSSR count). The summed E-state index contributed by atoms with van der Waals surface area (Å²) < 4.78 is 23.0. The molecule has 0 aliphatic carbocycles. The summed E-state index contributed by atoms with van der Waals surface area (Å²) in [7, 11) is 1.30. The van der Waals surface area contributed by atoms with E-state index in [1.807, 2.05) is 21.1 Å². The van der Waals surface area contributed by atoms with Gasteiger partial charge in [-0.05, 0) is 44.9 Å². The van der Waals surface area contributed by atoms with Gasteiger partial charge in [0, 0.05) is 6.42 Å². The normalized spacial score (nSPS) is 14.8. The lowest BCUT2D eigenvalue weighted by Crippen LogP contribution is -2.46. The van der Waals surface area contributed by atoms with Crippen LogP contribution in [0.15, 0.2) is 24.3 Å². The summed E-state index contributed by atoms with van der Waals surface area (Å²) in [5, 5.41) is 13.7. The number of aliphatic hydroxyl groups is 1. The number of hydrogen-bond donors (Lipinski definition) is 2. The number of nitrogens with zero attached hydrogens (tertiary/aromatic N) is 1. The van der Waals surface area contributed by atoms with Crippen LogP contribution in [0.2, 0.25) is 0 Å². The van der Waals surface area contributed by atoms with E-state index in [1.165, 1.54) is 103 Å². The average Bonchev–Trinajstić information content (AvgIpc) is 3.04. The molecule has 0 heterocycles. The number of amides is 1. The molecule has 9 heteroatoms. The van der Waals surface area contributed by atoms with Gasteiger partial charge in [-0.1, -0.05) is 147 Å². The van der Waals surface area contributed by atoms with Gasteiger partial charge in [0.05, 0.1) is 39.9 Å². The Bertz CT molecular complexity index is 860. The van der Waals surface area contributed by atoms with Crippen molar-refractivity contribution in [2.45, 2.75) is 187 Å². The predicted octanol–water partition coefficient (Wildman–Crippen LogP) is 9.94. The minimum atomic E-state index is -4.55. The lowest BCUT2D eigenvalue weighted by atomic mass is 10.0. The zero-order chi connectivity index (χ0) is 36.5. The first-order chi connectivity index (χ1) is 23.5. The smallest absolute Gasteiger partial charge is 0.268 e. The topological polar surface area (TPSA) is 108 Å². The van der Waals surface area contributed by atoms with E-state index in [0.29, 0.717) is 23.9 Å². The van der Waals surface area contributed by atoms with Crippen LogP contribution in [0.5, 0.6) is 0 Å². The fourth-order valence-electron chi connectivity index (χ4n) is 5.66. The summed E-state index contributed by atoms with van der Waals surface area (Å²) in [6, 6.07) is -0.797. The van der Waals surface area contributed by atoms with E-state index in [9.17, 15) is 19.4 Å². The maximum absolute atomic E-state index is 12.7. The number of phosphoric acid groups is 1. The highest BCUT2D eigenvalue weighted by atomic mass is 31.2. The van der Waals surface area contributed by atoms with Gasteiger partial charge in [0.25, 0.3) is 7.82 Å². The van der Waals surface area contributed by atoms with Crippen LogP contribution in [0.25, 0.3) is 0 Å². The Morgan fingerprint density at radius 1 is 0.714 bits per heavy atom. The van der Waals surface area contributed by atoms with Crippen LogP contribution >= 0.6 is 7.82 Å². The first-order valence-electron chi connectivity index (χ1n) is 20.2. The summed E-state index contributed by atoms with van der Waals surface area (Å²) in [5.74, 6) is -0.176. The molecular formula is C40H79N2O6P. The fourth-order valence-corrected chi connectivity index (χ4v) is 6.38. The third-order valence-electron chi connectivity index (χ3n) is 8.94. The minimum Gasteiger partial charge on any atom is -0.756 e. The molecule has 3 unspecified atom stereocenters. The summed E-state index contributed by atoms with van der Waals surface area (Å²) >= 11 is 0. The number of hydrogen-bond acceptors (Lipinski definition) is 6. The molecule has 0 saturated carbocycles. The van der Waals surface area contributed by atoms with Gasteiger partial charge in [-0.15, -0.1) is 0 Å². The van der Waals surface area contributed by atoms with Crippen molar-refractivity contribution in [2.24, 2.45) is 0 Å². The number of rotatable bonds is 36. The van der Waals surface area contributed by atoms with Crippen molar-refractivity contribution in [3.63, 3.8) is 0 Å². The summed E-state index contributed by atoms with van der Waals surface area (Å²) in [6.07, 6.45) is 36.4. The Morgan fingerprint density at radius 2 is 1.18 bits per heavy atom. The number of carbonyl (C=O) groups is 1. The standard InChI is InChI=1S/C40H79N2O6P/c1-6-8-10-12-14-15-16-17-18-19-20-21-22-23-24-25-26-27-28-30-32-34-40(44)41-38(39(43)33-31-29-13-11-9-7-2)37-48-49(45,46)47-36-35-42(3,4)5/h16-17,19-20,38-39,43H,6-15,18,21-37H2,1-5H3,(H-,41,44,45,46)/b17-16-,20-19-. The molecule has 0 saturated heterocycles. The van der Waals surface area contributed by atoms with Crippen LogP contribution in [0, 0.1) is 0 Å². The van der Waals surface area contributed by atoms with Gasteiger partial charge in [-0.3, -0.25) is 9.36 Å². The molecule has 0 aromatic carbocycles. The molecule has 0 spiro atoms. The van der Waals surface area contributed by atoms with Crippen LogP contribution in [0.1, 0.15) is 174 Å². The molecule has 0 radical (unpaired) electrons. The van der Waals surface area contributed by atoms with Gasteiger partial charge < -0.3 is 28.8 Å². The van der Waals surface area contributed by atoms with Gasteiger partial charge in [-0.25, -0.2) is 0 Å². The Hall–Kier alpha value is -1.02. The van der Waals surface area contributed by atoms with Crippen molar-refractivity contribution in [1.29, 1.82) is 0 Å². The Labute approximate surface area is 303 Å². The maximum atomic E-state index is 12.7. The van der Waals surface area contributed by atoms with Crippen molar-refractivity contribution in [3.8, 4) is 0 Å². The van der Waals surface area contributed by atoms with Crippen LogP contribution in [0.3, 0.4) is 0 Å². The Kier molecular flexibility index (Phi) is 32.2. The number of likely N-dealkylation sites (N-methyl/N-ethyl adjacent to an activating group) is 1. The van der Waals surface area contributed by atoms with Crippen molar-refractivity contribution in [2.75, 3.05) is 40.9 Å². The molecule has 290 valence electrons.